The third kappa shape index (κ3) is 2.96. The molecule has 1 aliphatic rings. The molecule has 0 N–H and O–H groups in total. The quantitative estimate of drug-likeness (QED) is 0.767. The fourth-order valence-corrected chi connectivity index (χ4v) is 2.13. The molecule has 0 radical (unpaired) electrons. The van der Waals surface area contributed by atoms with Gasteiger partial charge in [0.2, 0.25) is 0 Å². The van der Waals surface area contributed by atoms with Gasteiger partial charge in [0.05, 0.1) is 11.2 Å². The van der Waals surface area contributed by atoms with Crippen molar-refractivity contribution in [3.05, 3.63) is 47.7 Å². The second-order valence-electron chi connectivity index (χ2n) is 6.34. The zero-order valence-corrected chi connectivity index (χ0v) is 12.8. The maximum atomic E-state index is 14.3. The molecule has 0 saturated carbocycles. The third-order valence-corrected chi connectivity index (χ3v) is 4.21. The molecule has 0 amide bonds. The Morgan fingerprint density at radius 3 is 2.10 bits per heavy atom. The highest BCUT2D eigenvalue weighted by Gasteiger charge is 2.53. The summed E-state index contributed by atoms with van der Waals surface area (Å²) in [7, 11) is -0.911. The molecule has 1 aromatic carbocycles. The Labute approximate surface area is 121 Å². The SMILES string of the molecule is CC(C=C(F)B1OC(C)(C)C(C)(C)O1)c1ccccc1. The van der Waals surface area contributed by atoms with Crippen molar-refractivity contribution in [1.29, 1.82) is 0 Å². The normalized spacial score (nSPS) is 22.9. The van der Waals surface area contributed by atoms with Crippen LogP contribution in [0.15, 0.2) is 42.1 Å². The van der Waals surface area contributed by atoms with Crippen LogP contribution in [0.25, 0.3) is 0 Å². The molecule has 20 heavy (non-hydrogen) atoms. The fourth-order valence-electron chi connectivity index (χ4n) is 2.13. The smallest absolute Gasteiger partial charge is 0.398 e. The third-order valence-electron chi connectivity index (χ3n) is 4.21. The number of hydrogen-bond donors (Lipinski definition) is 0. The van der Waals surface area contributed by atoms with Crippen molar-refractivity contribution in [3.63, 3.8) is 0 Å². The minimum Gasteiger partial charge on any atom is -0.398 e. The highest BCUT2D eigenvalue weighted by atomic mass is 19.1. The summed E-state index contributed by atoms with van der Waals surface area (Å²) in [4.78, 5) is 0. The maximum Gasteiger partial charge on any atom is 0.524 e. The summed E-state index contributed by atoms with van der Waals surface area (Å²) >= 11 is 0. The zero-order chi connectivity index (χ0) is 15.0. The van der Waals surface area contributed by atoms with Gasteiger partial charge < -0.3 is 9.31 Å². The molecule has 108 valence electrons. The minimum absolute atomic E-state index is 0.0183. The Bertz CT molecular complexity index is 480. The van der Waals surface area contributed by atoms with Crippen LogP contribution in [0.1, 0.15) is 46.1 Å². The maximum absolute atomic E-state index is 14.3. The van der Waals surface area contributed by atoms with E-state index >= 15 is 0 Å². The summed E-state index contributed by atoms with van der Waals surface area (Å²) in [5.41, 5.74) is -0.323. The largest absolute Gasteiger partial charge is 0.524 e. The van der Waals surface area contributed by atoms with E-state index in [0.717, 1.165) is 5.56 Å². The van der Waals surface area contributed by atoms with Crippen LogP contribution in [0.2, 0.25) is 0 Å². The summed E-state index contributed by atoms with van der Waals surface area (Å²) in [5, 5.41) is 0. The molecule has 0 bridgehead atoms. The van der Waals surface area contributed by atoms with Crippen molar-refractivity contribution in [2.45, 2.75) is 51.7 Å². The van der Waals surface area contributed by atoms with Gasteiger partial charge in [0.25, 0.3) is 0 Å². The second kappa shape index (κ2) is 5.34. The lowest BCUT2D eigenvalue weighted by Crippen LogP contribution is -2.41. The molecule has 4 heteroatoms. The van der Waals surface area contributed by atoms with Crippen LogP contribution in [-0.2, 0) is 9.31 Å². The Morgan fingerprint density at radius 1 is 1.10 bits per heavy atom. The number of benzene rings is 1. The topological polar surface area (TPSA) is 18.5 Å². The first-order chi connectivity index (χ1) is 9.23. The predicted octanol–water partition coefficient (Wildman–Crippen LogP) is 4.27. The van der Waals surface area contributed by atoms with Gasteiger partial charge in [-0.1, -0.05) is 37.3 Å². The average Bonchev–Trinajstić information content (AvgIpc) is 2.59. The highest BCUT2D eigenvalue weighted by molar-refractivity contribution is 6.53. The molecule has 1 unspecified atom stereocenters. The molecule has 1 atom stereocenters. The molecule has 1 aliphatic heterocycles. The van der Waals surface area contributed by atoms with Crippen molar-refractivity contribution >= 4 is 7.12 Å². The van der Waals surface area contributed by atoms with Gasteiger partial charge in [0.15, 0.2) is 0 Å². The van der Waals surface area contributed by atoms with E-state index in [1.807, 2.05) is 65.0 Å². The first kappa shape index (κ1) is 15.3. The highest BCUT2D eigenvalue weighted by Crippen LogP contribution is 2.39. The summed E-state index contributed by atoms with van der Waals surface area (Å²) in [6, 6.07) is 9.82. The molecule has 1 heterocycles. The first-order valence-electron chi connectivity index (χ1n) is 7.01. The van der Waals surface area contributed by atoms with Gasteiger partial charge in [-0.25, -0.2) is 4.39 Å². The van der Waals surface area contributed by atoms with Crippen LogP contribution < -0.4 is 0 Å². The molecule has 0 aromatic heterocycles. The Balaban J connectivity index is 2.13. The van der Waals surface area contributed by atoms with Crippen molar-refractivity contribution in [3.8, 4) is 0 Å². The van der Waals surface area contributed by atoms with E-state index in [-0.39, 0.29) is 11.6 Å². The number of allylic oxidation sites excluding steroid dienone is 1. The van der Waals surface area contributed by atoms with Gasteiger partial charge in [-0.05, 0) is 39.3 Å². The first-order valence-corrected chi connectivity index (χ1v) is 7.01. The second-order valence-corrected chi connectivity index (χ2v) is 6.34. The molecule has 2 rings (SSSR count). The average molecular weight is 276 g/mol. The Kier molecular flexibility index (Phi) is 4.08. The molecule has 2 nitrogen and oxygen atoms in total. The Morgan fingerprint density at radius 2 is 1.60 bits per heavy atom. The molecular weight excluding hydrogens is 254 g/mol. The van der Waals surface area contributed by atoms with Gasteiger partial charge in [-0.3, -0.25) is 0 Å². The van der Waals surface area contributed by atoms with E-state index in [2.05, 4.69) is 0 Å². The van der Waals surface area contributed by atoms with Gasteiger partial charge >= 0.3 is 7.12 Å². The molecule has 1 aromatic rings. The summed E-state index contributed by atoms with van der Waals surface area (Å²) in [5.74, 6) is -0.0183. The Hall–Kier alpha value is -1.13. The monoisotopic (exact) mass is 276 g/mol. The summed E-state index contributed by atoms with van der Waals surface area (Å²) in [6.45, 7) is 9.63. The van der Waals surface area contributed by atoms with Gasteiger partial charge in [0.1, 0.15) is 5.73 Å². The van der Waals surface area contributed by atoms with E-state index in [9.17, 15) is 4.39 Å². The zero-order valence-electron chi connectivity index (χ0n) is 12.8. The molecule has 1 fully saturated rings. The van der Waals surface area contributed by atoms with Gasteiger partial charge in [-0.15, -0.1) is 0 Å². The number of halogens is 1. The van der Waals surface area contributed by atoms with Crippen LogP contribution >= 0.6 is 0 Å². The van der Waals surface area contributed by atoms with Crippen LogP contribution in [0.3, 0.4) is 0 Å². The van der Waals surface area contributed by atoms with Crippen LogP contribution in [0.4, 0.5) is 4.39 Å². The lowest BCUT2D eigenvalue weighted by Gasteiger charge is -2.32. The molecule has 0 spiro atoms. The van der Waals surface area contributed by atoms with E-state index < -0.39 is 18.3 Å². The lowest BCUT2D eigenvalue weighted by molar-refractivity contribution is 0.00578. The van der Waals surface area contributed by atoms with Gasteiger partial charge in [0, 0.05) is 5.92 Å². The van der Waals surface area contributed by atoms with E-state index in [0.29, 0.717) is 0 Å². The number of rotatable bonds is 3. The van der Waals surface area contributed by atoms with E-state index in [1.54, 1.807) is 6.08 Å². The van der Waals surface area contributed by atoms with Crippen molar-refractivity contribution in [1.82, 2.24) is 0 Å². The van der Waals surface area contributed by atoms with Crippen molar-refractivity contribution in [2.75, 3.05) is 0 Å². The van der Waals surface area contributed by atoms with Gasteiger partial charge in [-0.2, -0.15) is 0 Å². The number of hydrogen-bond acceptors (Lipinski definition) is 2. The lowest BCUT2D eigenvalue weighted by atomic mass is 9.85. The van der Waals surface area contributed by atoms with E-state index in [1.165, 1.54) is 0 Å². The van der Waals surface area contributed by atoms with Crippen LogP contribution in [0.5, 0.6) is 0 Å². The molecule has 1 saturated heterocycles. The fraction of sp³-hybridized carbons (Fsp3) is 0.500. The molecule has 0 aliphatic carbocycles. The van der Waals surface area contributed by atoms with Crippen LogP contribution in [-0.4, -0.2) is 18.3 Å². The van der Waals surface area contributed by atoms with Crippen LogP contribution in [0, 0.1) is 0 Å². The molecular formula is C16H22BFO2. The summed E-state index contributed by atoms with van der Waals surface area (Å²) < 4.78 is 25.7. The van der Waals surface area contributed by atoms with Crippen molar-refractivity contribution < 1.29 is 13.7 Å². The van der Waals surface area contributed by atoms with E-state index in [4.69, 9.17) is 9.31 Å². The minimum atomic E-state index is -0.911. The standard InChI is InChI=1S/C16H22BFO2/c1-12(13-9-7-6-8-10-13)11-14(18)17-19-15(2,3)16(4,5)20-17/h6-12H,1-5H3. The predicted molar refractivity (Wildman–Crippen MR) is 80.1 cm³/mol. The summed E-state index contributed by atoms with van der Waals surface area (Å²) in [6.07, 6.45) is 1.57. The van der Waals surface area contributed by atoms with Crippen molar-refractivity contribution in [2.24, 2.45) is 0 Å².